The van der Waals surface area contributed by atoms with Gasteiger partial charge in [-0.3, -0.25) is 9.69 Å². The third-order valence-corrected chi connectivity index (χ3v) is 7.76. The van der Waals surface area contributed by atoms with Crippen molar-refractivity contribution in [3.63, 3.8) is 0 Å². The van der Waals surface area contributed by atoms with Crippen molar-refractivity contribution in [1.82, 2.24) is 19.4 Å². The lowest BCUT2D eigenvalue weighted by Crippen LogP contribution is -2.49. The van der Waals surface area contributed by atoms with Gasteiger partial charge in [0.25, 0.3) is 0 Å². The van der Waals surface area contributed by atoms with Crippen LogP contribution in [0.15, 0.2) is 48.8 Å². The molecule has 1 saturated carbocycles. The molecular formula is C27H33N5O. The third-order valence-electron chi connectivity index (χ3n) is 7.76. The van der Waals surface area contributed by atoms with Gasteiger partial charge in [0.05, 0.1) is 11.2 Å². The van der Waals surface area contributed by atoms with Crippen molar-refractivity contribution in [2.45, 2.75) is 38.6 Å². The maximum Gasteiger partial charge on any atom is 0.225 e. The van der Waals surface area contributed by atoms with E-state index in [4.69, 9.17) is 0 Å². The van der Waals surface area contributed by atoms with Gasteiger partial charge in [0, 0.05) is 56.1 Å². The van der Waals surface area contributed by atoms with Crippen LogP contribution in [-0.4, -0.2) is 64.6 Å². The maximum atomic E-state index is 12.4. The van der Waals surface area contributed by atoms with Crippen molar-refractivity contribution in [3.8, 4) is 11.1 Å². The van der Waals surface area contributed by atoms with Gasteiger partial charge in [0.2, 0.25) is 5.91 Å². The Kier molecular flexibility index (Phi) is 5.33. The Morgan fingerprint density at radius 1 is 0.939 bits per heavy atom. The topological polar surface area (TPSA) is 44.1 Å². The molecule has 0 bridgehead atoms. The Hall–Kier alpha value is -2.86. The van der Waals surface area contributed by atoms with E-state index in [0.29, 0.717) is 17.9 Å². The van der Waals surface area contributed by atoms with Gasteiger partial charge in [-0.05, 0) is 69.0 Å². The van der Waals surface area contributed by atoms with E-state index in [1.807, 2.05) is 10.7 Å². The van der Waals surface area contributed by atoms with Crippen molar-refractivity contribution in [2.24, 2.45) is 5.92 Å². The van der Waals surface area contributed by atoms with Crippen molar-refractivity contribution in [2.75, 3.05) is 44.2 Å². The highest BCUT2D eigenvalue weighted by Gasteiger charge is 2.34. The molecule has 0 radical (unpaired) electrons. The van der Waals surface area contributed by atoms with Crippen LogP contribution in [0.5, 0.6) is 0 Å². The minimum atomic E-state index is 0.307. The molecule has 1 amide bonds. The van der Waals surface area contributed by atoms with Crippen LogP contribution in [0.25, 0.3) is 16.6 Å². The number of anilines is 1. The summed E-state index contributed by atoms with van der Waals surface area (Å²) in [6.07, 6.45) is 8.81. The van der Waals surface area contributed by atoms with Crippen LogP contribution in [0.1, 0.15) is 44.2 Å². The average molecular weight is 444 g/mol. The van der Waals surface area contributed by atoms with E-state index in [2.05, 4.69) is 69.3 Å². The molecule has 33 heavy (non-hydrogen) atoms. The van der Waals surface area contributed by atoms with Crippen LogP contribution in [0.2, 0.25) is 0 Å². The second-order valence-corrected chi connectivity index (χ2v) is 9.90. The molecule has 0 spiro atoms. The lowest BCUT2D eigenvalue weighted by Gasteiger charge is -2.36. The first-order valence-corrected chi connectivity index (χ1v) is 12.5. The summed E-state index contributed by atoms with van der Waals surface area (Å²) in [6, 6.07) is 13.9. The summed E-state index contributed by atoms with van der Waals surface area (Å²) in [6.45, 7) is 8.13. The zero-order valence-electron chi connectivity index (χ0n) is 19.5. The number of piperazine rings is 1. The van der Waals surface area contributed by atoms with Gasteiger partial charge in [-0.25, -0.2) is 4.52 Å². The van der Waals surface area contributed by atoms with E-state index < -0.39 is 0 Å². The Morgan fingerprint density at radius 3 is 2.36 bits per heavy atom. The van der Waals surface area contributed by atoms with E-state index in [0.717, 1.165) is 44.5 Å². The van der Waals surface area contributed by atoms with Gasteiger partial charge in [-0.15, -0.1) is 0 Å². The Morgan fingerprint density at radius 2 is 1.67 bits per heavy atom. The molecule has 0 N–H and O–H groups in total. The van der Waals surface area contributed by atoms with Crippen LogP contribution in [0, 0.1) is 5.92 Å². The Balaban J connectivity index is 1.20. The van der Waals surface area contributed by atoms with Crippen LogP contribution < -0.4 is 4.90 Å². The summed E-state index contributed by atoms with van der Waals surface area (Å²) in [5.41, 5.74) is 6.14. The molecule has 6 heteroatoms. The van der Waals surface area contributed by atoms with E-state index >= 15 is 0 Å². The second kappa shape index (κ2) is 8.49. The predicted octanol–water partition coefficient (Wildman–Crippen LogP) is 4.22. The minimum absolute atomic E-state index is 0.307. The zero-order chi connectivity index (χ0) is 22.4. The molecule has 1 aliphatic carbocycles. The van der Waals surface area contributed by atoms with Gasteiger partial charge in [0.1, 0.15) is 0 Å². The fourth-order valence-electron chi connectivity index (χ4n) is 5.48. The SMILES string of the molecule is CC(c1ccc(-c2cc3c(N4CCN(C(=O)C5CC5)CC4)ccnn3c2)cc1)N1CCCC1. The van der Waals surface area contributed by atoms with Crippen molar-refractivity contribution < 1.29 is 4.79 Å². The zero-order valence-corrected chi connectivity index (χ0v) is 19.5. The standard InChI is InChI=1S/C27H33N5O/c1-20(29-12-2-3-13-29)21-4-6-22(7-5-21)24-18-26-25(10-11-28-32(26)19-24)30-14-16-31(17-15-30)27(33)23-8-9-23/h4-7,10-11,18-20,23H,2-3,8-9,12-17H2,1H3. The summed E-state index contributed by atoms with van der Waals surface area (Å²) in [5.74, 6) is 0.670. The number of likely N-dealkylation sites (tertiary alicyclic amines) is 1. The first-order chi connectivity index (χ1) is 16.2. The summed E-state index contributed by atoms with van der Waals surface area (Å²) in [5, 5.41) is 4.57. The van der Waals surface area contributed by atoms with Crippen LogP contribution in [-0.2, 0) is 4.79 Å². The number of hydrogen-bond acceptors (Lipinski definition) is 4. The third kappa shape index (κ3) is 4.01. The smallest absolute Gasteiger partial charge is 0.225 e. The first-order valence-electron chi connectivity index (χ1n) is 12.5. The van der Waals surface area contributed by atoms with Gasteiger partial charge in [-0.2, -0.15) is 5.10 Å². The molecule has 6 nitrogen and oxygen atoms in total. The van der Waals surface area contributed by atoms with Crippen molar-refractivity contribution in [1.29, 1.82) is 0 Å². The number of carbonyl (C=O) groups is 1. The summed E-state index contributed by atoms with van der Waals surface area (Å²) in [7, 11) is 0. The number of carbonyl (C=O) groups excluding carboxylic acids is 1. The molecule has 2 saturated heterocycles. The van der Waals surface area contributed by atoms with E-state index in [1.165, 1.54) is 48.3 Å². The summed E-state index contributed by atoms with van der Waals surface area (Å²) in [4.78, 5) is 19.4. The fourth-order valence-corrected chi connectivity index (χ4v) is 5.48. The highest BCUT2D eigenvalue weighted by atomic mass is 16.2. The van der Waals surface area contributed by atoms with Gasteiger partial charge in [-0.1, -0.05) is 24.3 Å². The number of amides is 1. The van der Waals surface area contributed by atoms with Crippen molar-refractivity contribution in [3.05, 3.63) is 54.4 Å². The number of rotatable bonds is 5. The molecule has 3 fully saturated rings. The molecule has 1 aromatic carbocycles. The molecule has 2 aliphatic heterocycles. The fraction of sp³-hybridized carbons (Fsp3) is 0.481. The number of benzene rings is 1. The number of aromatic nitrogens is 2. The quantitative estimate of drug-likeness (QED) is 0.592. The van der Waals surface area contributed by atoms with E-state index in [-0.39, 0.29) is 0 Å². The normalized spacial score (nSPS) is 20.5. The van der Waals surface area contributed by atoms with Crippen molar-refractivity contribution >= 4 is 17.1 Å². The highest BCUT2D eigenvalue weighted by molar-refractivity contribution is 5.82. The van der Waals surface area contributed by atoms with Gasteiger partial charge in [0.15, 0.2) is 0 Å². The molecular weight excluding hydrogens is 410 g/mol. The largest absolute Gasteiger partial charge is 0.366 e. The Labute approximate surface area is 195 Å². The highest BCUT2D eigenvalue weighted by Crippen LogP contribution is 2.33. The predicted molar refractivity (Wildman–Crippen MR) is 131 cm³/mol. The second-order valence-electron chi connectivity index (χ2n) is 9.90. The molecule has 3 aromatic rings. The molecule has 3 aliphatic rings. The van der Waals surface area contributed by atoms with E-state index in [1.54, 1.807) is 0 Å². The number of hydrogen-bond donors (Lipinski definition) is 0. The Bertz CT molecular complexity index is 1140. The van der Waals surface area contributed by atoms with Gasteiger partial charge >= 0.3 is 0 Å². The average Bonchev–Trinajstić information content (AvgIpc) is 3.38. The minimum Gasteiger partial charge on any atom is -0.366 e. The van der Waals surface area contributed by atoms with Gasteiger partial charge < -0.3 is 9.80 Å². The molecule has 1 atom stereocenters. The van der Waals surface area contributed by atoms with E-state index in [9.17, 15) is 4.79 Å². The first kappa shape index (κ1) is 20.7. The lowest BCUT2D eigenvalue weighted by molar-refractivity contribution is -0.132. The monoisotopic (exact) mass is 443 g/mol. The molecule has 2 aromatic heterocycles. The van der Waals surface area contributed by atoms with Crippen LogP contribution in [0.3, 0.4) is 0 Å². The summed E-state index contributed by atoms with van der Waals surface area (Å²) >= 11 is 0. The molecule has 172 valence electrons. The molecule has 1 unspecified atom stereocenters. The molecule has 6 rings (SSSR count). The molecule has 4 heterocycles. The number of fused-ring (bicyclic) bond motifs is 1. The van der Waals surface area contributed by atoms with Crippen LogP contribution in [0.4, 0.5) is 5.69 Å². The van der Waals surface area contributed by atoms with Crippen LogP contribution >= 0.6 is 0 Å². The number of nitrogens with zero attached hydrogens (tertiary/aromatic N) is 5. The maximum absolute atomic E-state index is 12.4. The summed E-state index contributed by atoms with van der Waals surface area (Å²) < 4.78 is 1.99. The lowest BCUT2D eigenvalue weighted by atomic mass is 10.0.